The number of benzene rings is 1. The second-order valence-electron chi connectivity index (χ2n) is 6.05. The van der Waals surface area contributed by atoms with Crippen LogP contribution in [0.15, 0.2) is 29.2 Å². The largest absolute Gasteiger partial charge is 0.497 e. The molecule has 2 N–H and O–H groups in total. The van der Waals surface area contributed by atoms with Gasteiger partial charge in [-0.05, 0) is 19.1 Å². The number of hydrogen-bond donors (Lipinski definition) is 2. The number of nitrogens with one attached hydrogen (secondary N) is 2. The van der Waals surface area contributed by atoms with Gasteiger partial charge in [-0.1, -0.05) is 0 Å². The molecule has 3 rings (SSSR count). The van der Waals surface area contributed by atoms with Gasteiger partial charge in [0.05, 0.1) is 19.2 Å². The Morgan fingerprint density at radius 1 is 1.19 bits per heavy atom. The SMILES string of the molecule is CCOC(=O)N1CCN(C(=O)Nc2c[nH]c3cc(OC)ccc3c2=O)CC1. The maximum atomic E-state index is 12.6. The summed E-state index contributed by atoms with van der Waals surface area (Å²) in [6, 6.07) is 4.69. The zero-order valence-corrected chi connectivity index (χ0v) is 15.3. The molecule has 9 nitrogen and oxygen atoms in total. The monoisotopic (exact) mass is 374 g/mol. The Hall–Kier alpha value is -3.23. The number of piperazine rings is 1. The predicted molar refractivity (Wildman–Crippen MR) is 100 cm³/mol. The molecule has 2 heterocycles. The molecule has 1 saturated heterocycles. The summed E-state index contributed by atoms with van der Waals surface area (Å²) in [5, 5.41) is 3.11. The molecular weight excluding hydrogens is 352 g/mol. The zero-order valence-electron chi connectivity index (χ0n) is 15.3. The van der Waals surface area contributed by atoms with Crippen LogP contribution in [-0.4, -0.2) is 66.8 Å². The van der Waals surface area contributed by atoms with Crippen LogP contribution in [0.2, 0.25) is 0 Å². The lowest BCUT2D eigenvalue weighted by molar-refractivity contribution is 0.0868. The molecule has 0 aliphatic carbocycles. The zero-order chi connectivity index (χ0) is 19.4. The molecule has 3 amide bonds. The van der Waals surface area contributed by atoms with E-state index in [1.165, 1.54) is 6.20 Å². The Labute approximate surface area is 155 Å². The number of pyridine rings is 1. The van der Waals surface area contributed by atoms with Crippen LogP contribution in [0.5, 0.6) is 5.75 Å². The highest BCUT2D eigenvalue weighted by Gasteiger charge is 2.25. The average Bonchev–Trinajstić information content (AvgIpc) is 2.70. The highest BCUT2D eigenvalue weighted by Crippen LogP contribution is 2.18. The fourth-order valence-electron chi connectivity index (χ4n) is 2.92. The van der Waals surface area contributed by atoms with Crippen molar-refractivity contribution in [2.45, 2.75) is 6.92 Å². The number of fused-ring (bicyclic) bond motifs is 1. The Morgan fingerprint density at radius 2 is 1.89 bits per heavy atom. The van der Waals surface area contributed by atoms with Crippen LogP contribution in [0, 0.1) is 0 Å². The van der Waals surface area contributed by atoms with E-state index in [-0.39, 0.29) is 23.2 Å². The second-order valence-corrected chi connectivity index (χ2v) is 6.05. The first kappa shape index (κ1) is 18.6. The quantitative estimate of drug-likeness (QED) is 0.853. The van der Waals surface area contributed by atoms with Gasteiger partial charge < -0.3 is 29.6 Å². The lowest BCUT2D eigenvalue weighted by Crippen LogP contribution is -2.52. The third kappa shape index (κ3) is 3.97. The molecule has 1 aromatic carbocycles. The van der Waals surface area contributed by atoms with Crippen molar-refractivity contribution in [3.8, 4) is 5.75 Å². The number of amides is 3. The molecule has 0 atom stereocenters. The van der Waals surface area contributed by atoms with Crippen LogP contribution in [0.3, 0.4) is 0 Å². The number of urea groups is 1. The van der Waals surface area contributed by atoms with Gasteiger partial charge in [0.25, 0.3) is 0 Å². The molecule has 1 aliphatic rings. The summed E-state index contributed by atoms with van der Waals surface area (Å²) in [6.07, 6.45) is 1.09. The van der Waals surface area contributed by atoms with Crippen molar-refractivity contribution in [2.24, 2.45) is 0 Å². The third-order valence-corrected chi connectivity index (χ3v) is 4.42. The molecule has 0 radical (unpaired) electrons. The summed E-state index contributed by atoms with van der Waals surface area (Å²) in [5.74, 6) is 0.634. The second kappa shape index (κ2) is 7.98. The Balaban J connectivity index is 1.67. The first-order valence-corrected chi connectivity index (χ1v) is 8.70. The molecule has 144 valence electrons. The van der Waals surface area contributed by atoms with Crippen LogP contribution in [0.25, 0.3) is 10.9 Å². The van der Waals surface area contributed by atoms with Gasteiger partial charge in [-0.25, -0.2) is 9.59 Å². The van der Waals surface area contributed by atoms with Crippen molar-refractivity contribution in [1.29, 1.82) is 0 Å². The van der Waals surface area contributed by atoms with Gasteiger partial charge in [-0.15, -0.1) is 0 Å². The number of H-pyrrole nitrogens is 1. The minimum absolute atomic E-state index is 0.172. The highest BCUT2D eigenvalue weighted by molar-refractivity contribution is 5.92. The first-order valence-electron chi connectivity index (χ1n) is 8.70. The third-order valence-electron chi connectivity index (χ3n) is 4.42. The topological polar surface area (TPSA) is 104 Å². The van der Waals surface area contributed by atoms with E-state index < -0.39 is 0 Å². The molecule has 27 heavy (non-hydrogen) atoms. The smallest absolute Gasteiger partial charge is 0.409 e. The van der Waals surface area contributed by atoms with Crippen molar-refractivity contribution in [3.05, 3.63) is 34.6 Å². The van der Waals surface area contributed by atoms with E-state index in [0.29, 0.717) is 49.4 Å². The van der Waals surface area contributed by atoms with Crippen molar-refractivity contribution in [1.82, 2.24) is 14.8 Å². The summed E-state index contributed by atoms with van der Waals surface area (Å²) < 4.78 is 10.1. The minimum atomic E-state index is -0.378. The average molecular weight is 374 g/mol. The standard InChI is InChI=1S/C18H22N4O5/c1-3-27-18(25)22-8-6-21(7-9-22)17(24)20-15-11-19-14-10-12(26-2)4-5-13(14)16(15)23/h4-5,10-11H,3,6-9H2,1-2H3,(H,19,23)(H,20,24). The van der Waals surface area contributed by atoms with Crippen molar-refractivity contribution in [2.75, 3.05) is 45.2 Å². The number of rotatable bonds is 3. The number of ether oxygens (including phenoxy) is 2. The van der Waals surface area contributed by atoms with Crippen LogP contribution >= 0.6 is 0 Å². The maximum absolute atomic E-state index is 12.6. The molecule has 0 bridgehead atoms. The van der Waals surface area contributed by atoms with Crippen molar-refractivity contribution >= 4 is 28.7 Å². The molecule has 1 aromatic heterocycles. The number of carbonyl (C=O) groups is 2. The molecule has 0 spiro atoms. The van der Waals surface area contributed by atoms with E-state index in [9.17, 15) is 14.4 Å². The minimum Gasteiger partial charge on any atom is -0.497 e. The Kier molecular flexibility index (Phi) is 5.49. The number of aromatic amines is 1. The van der Waals surface area contributed by atoms with Crippen LogP contribution < -0.4 is 15.5 Å². The van der Waals surface area contributed by atoms with Gasteiger partial charge >= 0.3 is 12.1 Å². The molecule has 2 aromatic rings. The number of hydrogen-bond acceptors (Lipinski definition) is 5. The molecule has 9 heteroatoms. The number of nitrogens with zero attached hydrogens (tertiary/aromatic N) is 2. The van der Waals surface area contributed by atoms with E-state index in [1.807, 2.05) is 0 Å². The van der Waals surface area contributed by atoms with E-state index >= 15 is 0 Å². The number of methoxy groups -OCH3 is 1. The van der Waals surface area contributed by atoms with Crippen molar-refractivity contribution < 1.29 is 19.1 Å². The van der Waals surface area contributed by atoms with E-state index in [1.54, 1.807) is 42.0 Å². The van der Waals surface area contributed by atoms with E-state index in [2.05, 4.69) is 10.3 Å². The summed E-state index contributed by atoms with van der Waals surface area (Å²) in [6.45, 7) is 3.58. The Morgan fingerprint density at radius 3 is 2.56 bits per heavy atom. The van der Waals surface area contributed by atoms with Crippen molar-refractivity contribution in [3.63, 3.8) is 0 Å². The normalized spacial score (nSPS) is 14.1. The van der Waals surface area contributed by atoms with E-state index in [0.717, 1.165) is 0 Å². The van der Waals surface area contributed by atoms with Gasteiger partial charge in [-0.3, -0.25) is 4.79 Å². The molecule has 0 unspecified atom stereocenters. The highest BCUT2D eigenvalue weighted by atomic mass is 16.6. The van der Waals surface area contributed by atoms with Crippen LogP contribution in [0.4, 0.5) is 15.3 Å². The Bertz CT molecular complexity index is 902. The van der Waals surface area contributed by atoms with Gasteiger partial charge in [0.1, 0.15) is 11.4 Å². The predicted octanol–water partition coefficient (Wildman–Crippen LogP) is 1.84. The lowest BCUT2D eigenvalue weighted by atomic mass is 10.2. The van der Waals surface area contributed by atoms with Gasteiger partial charge in [0, 0.05) is 43.8 Å². The summed E-state index contributed by atoms with van der Waals surface area (Å²) in [4.78, 5) is 42.9. The molecule has 1 fully saturated rings. The van der Waals surface area contributed by atoms with E-state index in [4.69, 9.17) is 9.47 Å². The summed E-state index contributed by atoms with van der Waals surface area (Å²) in [7, 11) is 1.55. The van der Waals surface area contributed by atoms with Crippen LogP contribution in [-0.2, 0) is 4.74 Å². The molecule has 1 aliphatic heterocycles. The lowest BCUT2D eigenvalue weighted by Gasteiger charge is -2.33. The number of aromatic nitrogens is 1. The maximum Gasteiger partial charge on any atom is 0.409 e. The summed E-state index contributed by atoms with van der Waals surface area (Å²) in [5.41, 5.74) is 0.524. The number of carbonyl (C=O) groups excluding carboxylic acids is 2. The van der Waals surface area contributed by atoms with Gasteiger partial charge in [0.2, 0.25) is 5.43 Å². The summed E-state index contributed by atoms with van der Waals surface area (Å²) >= 11 is 0. The van der Waals surface area contributed by atoms with Gasteiger partial charge in [-0.2, -0.15) is 0 Å². The fraction of sp³-hybridized carbons (Fsp3) is 0.389. The van der Waals surface area contributed by atoms with Gasteiger partial charge in [0.15, 0.2) is 0 Å². The number of anilines is 1. The van der Waals surface area contributed by atoms with Crippen LogP contribution in [0.1, 0.15) is 6.92 Å². The molecular formula is C18H22N4O5. The fourth-order valence-corrected chi connectivity index (χ4v) is 2.92. The molecule has 0 saturated carbocycles. The first-order chi connectivity index (χ1) is 13.0.